The fourth-order valence-electron chi connectivity index (χ4n) is 4.84. The summed E-state index contributed by atoms with van der Waals surface area (Å²) in [6.07, 6.45) is 33.1. The SMILES string of the molecule is CC/C=C\C/C=C\C/C=C\C/C=C\CCC(=O)OC(COC(=O)CCCCCCCCCCCCCC)COC(OCC[N+](C)(C)C)C(=O)[O-]. The van der Waals surface area contributed by atoms with E-state index in [-0.39, 0.29) is 38.6 Å². The Labute approximate surface area is 304 Å². The number of hydrogen-bond donors (Lipinski definition) is 0. The maximum Gasteiger partial charge on any atom is 0.306 e. The van der Waals surface area contributed by atoms with Crippen LogP contribution in [0, 0.1) is 0 Å². The van der Waals surface area contributed by atoms with E-state index in [9.17, 15) is 19.5 Å². The van der Waals surface area contributed by atoms with Gasteiger partial charge in [-0.05, 0) is 38.5 Å². The van der Waals surface area contributed by atoms with Crippen LogP contribution in [-0.2, 0) is 33.3 Å². The van der Waals surface area contributed by atoms with Crippen LogP contribution in [0.15, 0.2) is 48.6 Å². The highest BCUT2D eigenvalue weighted by Gasteiger charge is 2.21. The van der Waals surface area contributed by atoms with Crippen molar-refractivity contribution in [3.8, 4) is 0 Å². The van der Waals surface area contributed by atoms with E-state index in [1.54, 1.807) is 0 Å². The van der Waals surface area contributed by atoms with Crippen molar-refractivity contribution in [1.82, 2.24) is 0 Å². The van der Waals surface area contributed by atoms with Crippen molar-refractivity contribution in [3.63, 3.8) is 0 Å². The van der Waals surface area contributed by atoms with Gasteiger partial charge in [0, 0.05) is 12.8 Å². The van der Waals surface area contributed by atoms with Gasteiger partial charge in [-0.15, -0.1) is 0 Å². The first-order chi connectivity index (χ1) is 24.1. The first-order valence-electron chi connectivity index (χ1n) is 19.3. The zero-order valence-electron chi connectivity index (χ0n) is 32.3. The molecular weight excluding hydrogens is 634 g/mol. The summed E-state index contributed by atoms with van der Waals surface area (Å²) < 4.78 is 22.3. The monoisotopic (exact) mass is 706 g/mol. The molecule has 0 amide bonds. The van der Waals surface area contributed by atoms with Gasteiger partial charge < -0.3 is 33.3 Å². The summed E-state index contributed by atoms with van der Waals surface area (Å²) in [7, 11) is 5.87. The summed E-state index contributed by atoms with van der Waals surface area (Å²) in [6, 6.07) is 0. The molecular formula is C41H71NO8. The first-order valence-corrected chi connectivity index (χ1v) is 19.3. The van der Waals surface area contributed by atoms with Crippen LogP contribution in [0.1, 0.15) is 136 Å². The second-order valence-electron chi connectivity index (χ2n) is 13.8. The Bertz CT molecular complexity index is 966. The third-order valence-corrected chi connectivity index (χ3v) is 7.85. The summed E-state index contributed by atoms with van der Waals surface area (Å²) in [4.78, 5) is 36.7. The van der Waals surface area contributed by atoms with Gasteiger partial charge >= 0.3 is 11.9 Å². The van der Waals surface area contributed by atoms with Crippen molar-refractivity contribution >= 4 is 17.9 Å². The quantitative estimate of drug-likeness (QED) is 0.0218. The number of ether oxygens (including phenoxy) is 4. The third kappa shape index (κ3) is 33.7. The van der Waals surface area contributed by atoms with Crippen molar-refractivity contribution in [1.29, 1.82) is 0 Å². The molecule has 0 aliphatic rings. The largest absolute Gasteiger partial charge is 0.545 e. The summed E-state index contributed by atoms with van der Waals surface area (Å²) in [5.74, 6) is -2.40. The highest BCUT2D eigenvalue weighted by atomic mass is 16.7. The molecule has 0 saturated heterocycles. The normalized spacial score (nSPS) is 13.5. The van der Waals surface area contributed by atoms with Crippen molar-refractivity contribution < 1.29 is 42.9 Å². The number of hydrogen-bond acceptors (Lipinski definition) is 8. The second kappa shape index (κ2) is 33.4. The number of carboxylic acid groups (broad SMARTS) is 1. The Morgan fingerprint density at radius 1 is 0.620 bits per heavy atom. The van der Waals surface area contributed by atoms with E-state index < -0.39 is 24.3 Å². The Morgan fingerprint density at radius 2 is 1.14 bits per heavy atom. The van der Waals surface area contributed by atoms with Crippen LogP contribution in [-0.4, -0.2) is 82.3 Å². The lowest BCUT2D eigenvalue weighted by Crippen LogP contribution is -2.44. The summed E-state index contributed by atoms with van der Waals surface area (Å²) >= 11 is 0. The lowest BCUT2D eigenvalue weighted by atomic mass is 10.0. The average molecular weight is 706 g/mol. The molecule has 0 aromatic heterocycles. The van der Waals surface area contributed by atoms with Crippen LogP contribution in [0.5, 0.6) is 0 Å². The molecule has 0 aliphatic carbocycles. The summed E-state index contributed by atoms with van der Waals surface area (Å²) in [5.41, 5.74) is 0. The second-order valence-corrected chi connectivity index (χ2v) is 13.8. The lowest BCUT2D eigenvalue weighted by Gasteiger charge is -2.26. The number of carbonyl (C=O) groups excluding carboxylic acids is 3. The minimum atomic E-state index is -1.64. The molecule has 0 aliphatic heterocycles. The van der Waals surface area contributed by atoms with E-state index in [1.807, 2.05) is 33.3 Å². The van der Waals surface area contributed by atoms with Gasteiger partial charge in [0.05, 0.1) is 40.3 Å². The molecule has 288 valence electrons. The fourth-order valence-corrected chi connectivity index (χ4v) is 4.84. The molecule has 0 heterocycles. The fraction of sp³-hybridized carbons (Fsp3) is 0.732. The predicted molar refractivity (Wildman–Crippen MR) is 200 cm³/mol. The number of nitrogens with zero attached hydrogens (tertiary/aromatic N) is 1. The van der Waals surface area contributed by atoms with E-state index in [2.05, 4.69) is 50.3 Å². The lowest BCUT2D eigenvalue weighted by molar-refractivity contribution is -0.870. The topological polar surface area (TPSA) is 111 Å². The zero-order chi connectivity index (χ0) is 37.1. The maximum atomic E-state index is 12.6. The molecule has 0 N–H and O–H groups in total. The molecule has 9 heteroatoms. The summed E-state index contributed by atoms with van der Waals surface area (Å²) in [5, 5.41) is 11.6. The smallest absolute Gasteiger partial charge is 0.306 e. The van der Waals surface area contributed by atoms with Crippen molar-refractivity contribution in [2.24, 2.45) is 0 Å². The van der Waals surface area contributed by atoms with Gasteiger partial charge in [-0.2, -0.15) is 0 Å². The highest BCUT2D eigenvalue weighted by Crippen LogP contribution is 2.13. The molecule has 0 rings (SSSR count). The number of rotatable bonds is 34. The molecule has 0 saturated carbocycles. The molecule has 50 heavy (non-hydrogen) atoms. The van der Waals surface area contributed by atoms with Gasteiger partial charge in [-0.3, -0.25) is 9.59 Å². The Hall–Kier alpha value is -2.75. The number of likely N-dealkylation sites (N-methyl/N-ethyl adjacent to an activating group) is 1. The number of quaternary nitrogens is 1. The van der Waals surface area contributed by atoms with Crippen LogP contribution in [0.25, 0.3) is 0 Å². The molecule has 2 unspecified atom stereocenters. The van der Waals surface area contributed by atoms with Gasteiger partial charge in [-0.1, -0.05) is 133 Å². The molecule has 0 aromatic rings. The minimum absolute atomic E-state index is 0.126. The average Bonchev–Trinajstić information content (AvgIpc) is 3.06. The van der Waals surface area contributed by atoms with E-state index in [1.165, 1.54) is 57.8 Å². The number of aliphatic carboxylic acids is 1. The number of carbonyl (C=O) groups is 3. The maximum absolute atomic E-state index is 12.6. The Balaban J connectivity index is 4.66. The Morgan fingerprint density at radius 3 is 1.66 bits per heavy atom. The standard InChI is InChI=1S/C41H71NO8/c1-6-8-10-12-14-16-18-20-22-24-26-28-30-32-39(44)50-37(36-49-41(40(45)46)47-34-33-42(3,4)5)35-48-38(43)31-29-27-25-23-21-19-17-15-13-11-9-7-2/h8,10,14,16,20,22,26,28,37,41H,6-7,9,11-13,15,17-19,21,23-25,27,29-36H2,1-5H3/b10-8-,16-14-,22-20-,28-26-. The minimum Gasteiger partial charge on any atom is -0.545 e. The number of esters is 2. The number of unbranched alkanes of at least 4 members (excludes halogenated alkanes) is 11. The van der Waals surface area contributed by atoms with Gasteiger partial charge in [0.2, 0.25) is 0 Å². The number of allylic oxidation sites excluding steroid dienone is 8. The van der Waals surface area contributed by atoms with E-state index in [0.717, 1.165) is 44.9 Å². The first kappa shape index (κ1) is 47.2. The molecule has 0 spiro atoms. The number of carboxylic acids is 1. The molecule has 0 fully saturated rings. The third-order valence-electron chi connectivity index (χ3n) is 7.85. The van der Waals surface area contributed by atoms with Crippen molar-refractivity contribution in [2.45, 2.75) is 148 Å². The van der Waals surface area contributed by atoms with E-state index >= 15 is 0 Å². The van der Waals surface area contributed by atoms with E-state index in [0.29, 0.717) is 17.4 Å². The Kier molecular flexibility index (Phi) is 31.6. The zero-order valence-corrected chi connectivity index (χ0v) is 32.3. The van der Waals surface area contributed by atoms with E-state index in [4.69, 9.17) is 18.9 Å². The van der Waals surface area contributed by atoms with Crippen LogP contribution in [0.4, 0.5) is 0 Å². The van der Waals surface area contributed by atoms with Crippen molar-refractivity contribution in [2.75, 3.05) is 47.5 Å². The van der Waals surface area contributed by atoms with Crippen LogP contribution in [0.2, 0.25) is 0 Å². The van der Waals surface area contributed by atoms with Gasteiger partial charge in [-0.25, -0.2) is 0 Å². The molecule has 2 atom stereocenters. The van der Waals surface area contributed by atoms with Crippen LogP contribution in [0.3, 0.4) is 0 Å². The van der Waals surface area contributed by atoms with Gasteiger partial charge in [0.25, 0.3) is 0 Å². The molecule has 0 radical (unpaired) electrons. The van der Waals surface area contributed by atoms with Crippen LogP contribution < -0.4 is 5.11 Å². The van der Waals surface area contributed by atoms with Gasteiger partial charge in [0.1, 0.15) is 13.2 Å². The highest BCUT2D eigenvalue weighted by molar-refractivity contribution is 5.70. The van der Waals surface area contributed by atoms with Gasteiger partial charge in [0.15, 0.2) is 12.4 Å². The molecule has 9 nitrogen and oxygen atoms in total. The predicted octanol–water partition coefficient (Wildman–Crippen LogP) is 7.93. The van der Waals surface area contributed by atoms with Crippen molar-refractivity contribution in [3.05, 3.63) is 48.6 Å². The molecule has 0 bridgehead atoms. The summed E-state index contributed by atoms with van der Waals surface area (Å²) in [6.45, 7) is 4.50. The molecule has 0 aromatic carbocycles. The van der Waals surface area contributed by atoms with Crippen LogP contribution >= 0.6 is 0 Å².